The Hall–Kier alpha value is -1.27. The molecule has 1 rings (SSSR count). The average molecular weight is 203 g/mol. The molecule has 0 heterocycles. The lowest BCUT2D eigenvalue weighted by molar-refractivity contribution is 0.463. The Kier molecular flexibility index (Phi) is 2.19. The lowest BCUT2D eigenvalue weighted by atomic mass is 10.2. The standard InChI is InChI=1S/C7H9NO4S/c1-4-2-5(8)7(3-6(4)9)13(10,11)12/h2-3,9H,8H2,1H3,(H,10,11,12). The second-order valence-corrected chi connectivity index (χ2v) is 4.04. The molecule has 0 atom stereocenters. The molecule has 0 spiro atoms. The SMILES string of the molecule is Cc1cc(N)c(S(=O)(=O)O)cc1O. The first-order valence-electron chi connectivity index (χ1n) is 3.39. The topological polar surface area (TPSA) is 101 Å². The minimum absolute atomic E-state index is 0.0854. The number of phenols is 1. The first kappa shape index (κ1) is 9.82. The Morgan fingerprint density at radius 2 is 1.92 bits per heavy atom. The number of aromatic hydroxyl groups is 1. The van der Waals surface area contributed by atoms with E-state index in [4.69, 9.17) is 15.4 Å². The van der Waals surface area contributed by atoms with Crippen molar-refractivity contribution in [2.45, 2.75) is 11.8 Å². The van der Waals surface area contributed by atoms with Gasteiger partial charge in [0.25, 0.3) is 10.1 Å². The molecule has 0 amide bonds. The molecule has 0 saturated carbocycles. The summed E-state index contributed by atoms with van der Waals surface area (Å²) in [7, 11) is -4.36. The summed E-state index contributed by atoms with van der Waals surface area (Å²) < 4.78 is 30.0. The van der Waals surface area contributed by atoms with E-state index in [0.29, 0.717) is 5.56 Å². The molecule has 0 bridgehead atoms. The highest BCUT2D eigenvalue weighted by Gasteiger charge is 2.15. The van der Waals surface area contributed by atoms with E-state index in [1.807, 2.05) is 0 Å². The van der Waals surface area contributed by atoms with Crippen molar-refractivity contribution in [3.8, 4) is 5.75 Å². The van der Waals surface area contributed by atoms with Crippen LogP contribution in [0.25, 0.3) is 0 Å². The molecular formula is C7H9NO4S. The van der Waals surface area contributed by atoms with Gasteiger partial charge in [-0.3, -0.25) is 4.55 Å². The molecule has 0 aliphatic rings. The summed E-state index contributed by atoms with van der Waals surface area (Å²) in [5, 5.41) is 9.16. The number of hydrogen-bond acceptors (Lipinski definition) is 4. The predicted octanol–water partition coefficient (Wildman–Crippen LogP) is 0.530. The van der Waals surface area contributed by atoms with Crippen LogP contribution in [0.15, 0.2) is 17.0 Å². The fourth-order valence-electron chi connectivity index (χ4n) is 0.923. The van der Waals surface area contributed by atoms with Gasteiger partial charge in [-0.2, -0.15) is 8.42 Å². The van der Waals surface area contributed by atoms with Crippen LogP contribution in [0.1, 0.15) is 5.56 Å². The van der Waals surface area contributed by atoms with Gasteiger partial charge in [-0.1, -0.05) is 0 Å². The number of benzene rings is 1. The monoisotopic (exact) mass is 203 g/mol. The van der Waals surface area contributed by atoms with Gasteiger partial charge in [0, 0.05) is 6.07 Å². The van der Waals surface area contributed by atoms with Crippen molar-refractivity contribution in [3.63, 3.8) is 0 Å². The van der Waals surface area contributed by atoms with Crippen molar-refractivity contribution >= 4 is 15.8 Å². The van der Waals surface area contributed by atoms with E-state index in [2.05, 4.69) is 0 Å². The van der Waals surface area contributed by atoms with Gasteiger partial charge in [0.2, 0.25) is 0 Å². The average Bonchev–Trinajstić information content (AvgIpc) is 1.94. The Bertz CT molecular complexity index is 438. The third kappa shape index (κ3) is 1.90. The first-order chi connectivity index (χ1) is 5.82. The van der Waals surface area contributed by atoms with E-state index >= 15 is 0 Å². The Balaban J connectivity index is 3.50. The van der Waals surface area contributed by atoms with E-state index in [1.54, 1.807) is 6.92 Å². The Morgan fingerprint density at radius 3 is 2.38 bits per heavy atom. The molecule has 0 radical (unpaired) electrons. The van der Waals surface area contributed by atoms with Crippen molar-refractivity contribution in [2.24, 2.45) is 0 Å². The van der Waals surface area contributed by atoms with E-state index < -0.39 is 15.0 Å². The summed E-state index contributed by atoms with van der Waals surface area (Å²) in [4.78, 5) is -0.476. The molecule has 0 aromatic heterocycles. The van der Waals surface area contributed by atoms with Crippen LogP contribution >= 0.6 is 0 Å². The highest BCUT2D eigenvalue weighted by Crippen LogP contribution is 2.26. The fourth-order valence-corrected chi connectivity index (χ4v) is 1.54. The molecule has 0 unspecified atom stereocenters. The normalized spacial score (nSPS) is 11.5. The van der Waals surface area contributed by atoms with Crippen LogP contribution in [-0.4, -0.2) is 18.1 Å². The second-order valence-electron chi connectivity index (χ2n) is 2.65. The van der Waals surface area contributed by atoms with Crippen LogP contribution < -0.4 is 5.73 Å². The number of rotatable bonds is 1. The van der Waals surface area contributed by atoms with Gasteiger partial charge in [-0.15, -0.1) is 0 Å². The fraction of sp³-hybridized carbons (Fsp3) is 0.143. The van der Waals surface area contributed by atoms with E-state index in [0.717, 1.165) is 6.07 Å². The minimum Gasteiger partial charge on any atom is -0.508 e. The highest BCUT2D eigenvalue weighted by atomic mass is 32.2. The number of aryl methyl sites for hydroxylation is 1. The summed E-state index contributed by atoms with van der Waals surface area (Å²) in [5.74, 6) is -0.221. The number of nitrogens with two attached hydrogens (primary N) is 1. The Morgan fingerprint density at radius 1 is 1.38 bits per heavy atom. The third-order valence-corrected chi connectivity index (χ3v) is 2.52. The maximum Gasteiger partial charge on any atom is 0.296 e. The van der Waals surface area contributed by atoms with Crippen LogP contribution in [0.2, 0.25) is 0 Å². The molecule has 6 heteroatoms. The van der Waals surface area contributed by atoms with Gasteiger partial charge in [0.15, 0.2) is 0 Å². The first-order valence-corrected chi connectivity index (χ1v) is 4.83. The van der Waals surface area contributed by atoms with Crippen LogP contribution in [-0.2, 0) is 10.1 Å². The number of nitrogen functional groups attached to an aromatic ring is 1. The van der Waals surface area contributed by atoms with Crippen LogP contribution in [0.4, 0.5) is 5.69 Å². The summed E-state index contributed by atoms with van der Waals surface area (Å²) in [6.45, 7) is 1.57. The quantitative estimate of drug-likeness (QED) is 0.351. The maximum atomic E-state index is 10.7. The lowest BCUT2D eigenvalue weighted by Gasteiger charge is -2.05. The van der Waals surface area contributed by atoms with Crippen molar-refractivity contribution < 1.29 is 18.1 Å². The Labute approximate surface area is 75.6 Å². The molecule has 0 aliphatic heterocycles. The lowest BCUT2D eigenvalue weighted by Crippen LogP contribution is -2.03. The predicted molar refractivity (Wildman–Crippen MR) is 47.1 cm³/mol. The van der Waals surface area contributed by atoms with Crippen molar-refractivity contribution in [1.29, 1.82) is 0 Å². The molecule has 0 saturated heterocycles. The van der Waals surface area contributed by atoms with Crippen molar-refractivity contribution in [3.05, 3.63) is 17.7 Å². The number of anilines is 1. The summed E-state index contributed by atoms with van der Waals surface area (Å²) in [6.07, 6.45) is 0. The number of phenolic OH excluding ortho intramolecular Hbond substituents is 1. The summed E-state index contributed by atoms with van der Waals surface area (Å²) in [5.41, 5.74) is 5.69. The van der Waals surface area contributed by atoms with Crippen LogP contribution in [0.5, 0.6) is 5.75 Å². The molecule has 4 N–H and O–H groups in total. The molecule has 1 aromatic carbocycles. The molecule has 72 valence electrons. The second kappa shape index (κ2) is 2.90. The van der Waals surface area contributed by atoms with Gasteiger partial charge < -0.3 is 10.8 Å². The van der Waals surface area contributed by atoms with Gasteiger partial charge >= 0.3 is 0 Å². The summed E-state index contributed by atoms with van der Waals surface area (Å²) in [6, 6.07) is 2.19. The third-order valence-electron chi connectivity index (χ3n) is 1.61. The van der Waals surface area contributed by atoms with E-state index in [1.165, 1.54) is 6.07 Å². The molecule has 13 heavy (non-hydrogen) atoms. The zero-order valence-electron chi connectivity index (χ0n) is 6.85. The number of hydrogen-bond donors (Lipinski definition) is 3. The van der Waals surface area contributed by atoms with Gasteiger partial charge in [-0.25, -0.2) is 0 Å². The highest BCUT2D eigenvalue weighted by molar-refractivity contribution is 7.86. The van der Waals surface area contributed by atoms with Gasteiger partial charge in [0.1, 0.15) is 10.6 Å². The van der Waals surface area contributed by atoms with E-state index in [-0.39, 0.29) is 11.4 Å². The zero-order valence-corrected chi connectivity index (χ0v) is 7.67. The van der Waals surface area contributed by atoms with Gasteiger partial charge in [0.05, 0.1) is 5.69 Å². The molecule has 0 aliphatic carbocycles. The minimum atomic E-state index is -4.36. The molecule has 0 fully saturated rings. The van der Waals surface area contributed by atoms with Gasteiger partial charge in [-0.05, 0) is 18.6 Å². The zero-order chi connectivity index (χ0) is 10.2. The van der Waals surface area contributed by atoms with Crippen molar-refractivity contribution in [1.82, 2.24) is 0 Å². The molecule has 5 nitrogen and oxygen atoms in total. The van der Waals surface area contributed by atoms with E-state index in [9.17, 15) is 8.42 Å². The molecule has 1 aromatic rings. The van der Waals surface area contributed by atoms with Crippen molar-refractivity contribution in [2.75, 3.05) is 5.73 Å². The largest absolute Gasteiger partial charge is 0.508 e. The van der Waals surface area contributed by atoms with Crippen LogP contribution in [0.3, 0.4) is 0 Å². The smallest absolute Gasteiger partial charge is 0.296 e. The summed E-state index contributed by atoms with van der Waals surface area (Å²) >= 11 is 0. The maximum absolute atomic E-state index is 10.7. The molecular weight excluding hydrogens is 194 g/mol. The van der Waals surface area contributed by atoms with Crippen LogP contribution in [0, 0.1) is 6.92 Å².